The molecule has 1 aromatic carbocycles. The third-order valence-electron chi connectivity index (χ3n) is 6.14. The Morgan fingerprint density at radius 2 is 1.94 bits per heavy atom. The second kappa shape index (κ2) is 14.9. The molecule has 6 nitrogen and oxygen atoms in total. The summed E-state index contributed by atoms with van der Waals surface area (Å²) in [5.74, 6) is 1.85. The molecule has 0 amide bonds. The molecule has 0 aromatic heterocycles. The largest absolute Gasteiger partial charge is 0.492 e. The van der Waals surface area contributed by atoms with Gasteiger partial charge in [0, 0.05) is 38.4 Å². The lowest BCUT2D eigenvalue weighted by Crippen LogP contribution is -2.44. The minimum Gasteiger partial charge on any atom is -0.492 e. The molecular formula is C24H41IN4O2. The first kappa shape index (κ1) is 26.2. The average molecular weight is 545 g/mol. The van der Waals surface area contributed by atoms with Crippen molar-refractivity contribution in [3.05, 3.63) is 29.8 Å². The van der Waals surface area contributed by atoms with Crippen molar-refractivity contribution in [1.29, 1.82) is 0 Å². The highest BCUT2D eigenvalue weighted by molar-refractivity contribution is 14.0. The molecule has 0 spiro atoms. The maximum atomic E-state index is 6.03. The number of halogens is 1. The first-order valence-corrected chi connectivity index (χ1v) is 11.8. The molecule has 7 heteroatoms. The topological polar surface area (TPSA) is 58.1 Å². The van der Waals surface area contributed by atoms with Crippen molar-refractivity contribution in [2.45, 2.75) is 70.5 Å². The van der Waals surface area contributed by atoms with Crippen LogP contribution in [0.25, 0.3) is 0 Å². The van der Waals surface area contributed by atoms with Gasteiger partial charge in [-0.3, -0.25) is 4.90 Å². The fraction of sp³-hybridized carbons (Fsp3) is 0.708. The summed E-state index contributed by atoms with van der Waals surface area (Å²) in [7, 11) is 2.19. The molecule has 2 fully saturated rings. The molecule has 3 rings (SSSR count). The van der Waals surface area contributed by atoms with Gasteiger partial charge in [-0.25, -0.2) is 4.99 Å². The first-order chi connectivity index (χ1) is 14.7. The van der Waals surface area contributed by atoms with Gasteiger partial charge in [-0.05, 0) is 57.4 Å². The van der Waals surface area contributed by atoms with E-state index < -0.39 is 0 Å². The molecular weight excluding hydrogens is 503 g/mol. The van der Waals surface area contributed by atoms with Gasteiger partial charge in [-0.2, -0.15) is 0 Å². The maximum absolute atomic E-state index is 6.03. The zero-order chi connectivity index (χ0) is 21.0. The van der Waals surface area contributed by atoms with Crippen LogP contribution in [0.1, 0.15) is 57.4 Å². The van der Waals surface area contributed by atoms with Crippen molar-refractivity contribution in [2.24, 2.45) is 4.99 Å². The fourth-order valence-electron chi connectivity index (χ4n) is 4.28. The van der Waals surface area contributed by atoms with Gasteiger partial charge in [-0.1, -0.05) is 31.4 Å². The molecule has 2 aliphatic rings. The maximum Gasteiger partial charge on any atom is 0.191 e. The summed E-state index contributed by atoms with van der Waals surface area (Å²) in [6, 6.07) is 9.50. The average Bonchev–Trinajstić information content (AvgIpc) is 2.79. The number of nitrogens with one attached hydrogen (secondary N) is 2. The van der Waals surface area contributed by atoms with E-state index in [1.807, 2.05) is 6.07 Å². The Bertz CT molecular complexity index is 646. The molecule has 176 valence electrons. The van der Waals surface area contributed by atoms with E-state index in [4.69, 9.17) is 14.5 Å². The number of hydrogen-bond donors (Lipinski definition) is 2. The molecule has 0 bridgehead atoms. The van der Waals surface area contributed by atoms with Crippen LogP contribution in [0.2, 0.25) is 0 Å². The van der Waals surface area contributed by atoms with Crippen molar-refractivity contribution in [3.63, 3.8) is 0 Å². The number of hydrogen-bond acceptors (Lipinski definition) is 4. The van der Waals surface area contributed by atoms with Crippen molar-refractivity contribution in [2.75, 3.05) is 40.0 Å². The molecule has 1 aliphatic heterocycles. The molecule has 0 radical (unpaired) electrons. The quantitative estimate of drug-likeness (QED) is 0.278. The van der Waals surface area contributed by atoms with Crippen LogP contribution in [0.3, 0.4) is 0 Å². The molecule has 2 N–H and O–H groups in total. The molecule has 1 heterocycles. The normalized spacial score (nSPS) is 18.5. The number of likely N-dealkylation sites (N-methyl/N-ethyl adjacent to an activating group) is 1. The lowest BCUT2D eigenvalue weighted by atomic mass is 9.96. The molecule has 0 unspecified atom stereocenters. The molecule has 1 aliphatic carbocycles. The summed E-state index contributed by atoms with van der Waals surface area (Å²) >= 11 is 0. The van der Waals surface area contributed by atoms with Crippen LogP contribution in [-0.2, 0) is 11.3 Å². The van der Waals surface area contributed by atoms with Crippen molar-refractivity contribution in [1.82, 2.24) is 15.5 Å². The second-order valence-corrected chi connectivity index (χ2v) is 8.49. The third-order valence-corrected chi connectivity index (χ3v) is 6.14. The first-order valence-electron chi connectivity index (χ1n) is 11.8. The molecule has 31 heavy (non-hydrogen) atoms. The summed E-state index contributed by atoms with van der Waals surface area (Å²) in [5, 5.41) is 7.00. The van der Waals surface area contributed by atoms with Crippen LogP contribution in [0.15, 0.2) is 29.3 Å². The Hall–Kier alpha value is -1.06. The van der Waals surface area contributed by atoms with Crippen molar-refractivity contribution in [3.8, 4) is 5.75 Å². The number of nitrogens with zero attached hydrogens (tertiary/aromatic N) is 2. The zero-order valence-corrected chi connectivity index (χ0v) is 21.6. The Morgan fingerprint density at radius 3 is 2.68 bits per heavy atom. The highest BCUT2D eigenvalue weighted by Gasteiger charge is 2.18. The Labute approximate surface area is 205 Å². The van der Waals surface area contributed by atoms with Crippen molar-refractivity contribution < 1.29 is 9.47 Å². The molecule has 1 saturated heterocycles. The minimum absolute atomic E-state index is 0. The van der Waals surface area contributed by atoms with Gasteiger partial charge in [0.15, 0.2) is 5.96 Å². The second-order valence-electron chi connectivity index (χ2n) is 8.49. The monoisotopic (exact) mass is 544 g/mol. The van der Waals surface area contributed by atoms with E-state index >= 15 is 0 Å². The smallest absolute Gasteiger partial charge is 0.191 e. The van der Waals surface area contributed by atoms with Gasteiger partial charge in [-0.15, -0.1) is 24.0 Å². The summed E-state index contributed by atoms with van der Waals surface area (Å²) in [4.78, 5) is 7.21. The summed E-state index contributed by atoms with van der Waals surface area (Å²) < 4.78 is 11.5. The predicted molar refractivity (Wildman–Crippen MR) is 139 cm³/mol. The van der Waals surface area contributed by atoms with Crippen LogP contribution in [0.4, 0.5) is 0 Å². The molecule has 1 saturated carbocycles. The Kier molecular flexibility index (Phi) is 12.6. The number of rotatable bonds is 9. The number of aliphatic imine (C=N–C) groups is 1. The SMILES string of the molecule is CCNC(=NCc1cccc(OCCN(C)C2CCOCC2)c1)NC1CCCCC1.I. The van der Waals surface area contributed by atoms with Crippen LogP contribution < -0.4 is 15.4 Å². The fourth-order valence-corrected chi connectivity index (χ4v) is 4.28. The third kappa shape index (κ3) is 9.53. The van der Waals surface area contributed by atoms with E-state index in [9.17, 15) is 0 Å². The van der Waals surface area contributed by atoms with Gasteiger partial charge in [0.25, 0.3) is 0 Å². The van der Waals surface area contributed by atoms with Gasteiger partial charge in [0.1, 0.15) is 12.4 Å². The van der Waals surface area contributed by atoms with Crippen LogP contribution in [0, 0.1) is 0 Å². The van der Waals surface area contributed by atoms with Crippen LogP contribution in [-0.4, -0.2) is 62.9 Å². The lowest BCUT2D eigenvalue weighted by Gasteiger charge is -2.31. The summed E-state index contributed by atoms with van der Waals surface area (Å²) in [6.45, 7) is 7.04. The van der Waals surface area contributed by atoms with E-state index in [0.717, 1.165) is 50.9 Å². The van der Waals surface area contributed by atoms with E-state index in [-0.39, 0.29) is 24.0 Å². The van der Waals surface area contributed by atoms with Gasteiger partial charge >= 0.3 is 0 Å². The van der Waals surface area contributed by atoms with Crippen LogP contribution >= 0.6 is 24.0 Å². The molecule has 0 atom stereocenters. The van der Waals surface area contributed by atoms with E-state index in [1.54, 1.807) is 0 Å². The van der Waals surface area contributed by atoms with Crippen LogP contribution in [0.5, 0.6) is 5.75 Å². The minimum atomic E-state index is 0. The number of guanidine groups is 1. The van der Waals surface area contributed by atoms with E-state index in [0.29, 0.717) is 25.2 Å². The lowest BCUT2D eigenvalue weighted by molar-refractivity contribution is 0.0392. The highest BCUT2D eigenvalue weighted by atomic mass is 127. The van der Waals surface area contributed by atoms with Crippen molar-refractivity contribution >= 4 is 29.9 Å². The van der Waals surface area contributed by atoms with Gasteiger partial charge in [0.05, 0.1) is 6.54 Å². The Balaban J connectivity index is 0.00000341. The Morgan fingerprint density at radius 1 is 1.16 bits per heavy atom. The highest BCUT2D eigenvalue weighted by Crippen LogP contribution is 2.18. The summed E-state index contributed by atoms with van der Waals surface area (Å²) in [6.07, 6.45) is 8.73. The van der Waals surface area contributed by atoms with E-state index in [1.165, 1.54) is 37.7 Å². The summed E-state index contributed by atoms with van der Waals surface area (Å²) in [5.41, 5.74) is 1.17. The predicted octanol–water partition coefficient (Wildman–Crippen LogP) is 4.18. The number of benzene rings is 1. The standard InChI is InChI=1S/C24H40N4O2.HI/c1-3-25-24(27-21-9-5-4-6-10-21)26-19-20-8-7-11-23(18-20)30-17-14-28(2)22-12-15-29-16-13-22;/h7-8,11,18,21-22H,3-6,9-10,12-17,19H2,1-2H3,(H2,25,26,27);1H. The van der Waals surface area contributed by atoms with Gasteiger partial charge in [0.2, 0.25) is 0 Å². The zero-order valence-electron chi connectivity index (χ0n) is 19.3. The molecule has 1 aromatic rings. The number of ether oxygens (including phenoxy) is 2. The van der Waals surface area contributed by atoms with E-state index in [2.05, 4.69) is 47.7 Å². The van der Waals surface area contributed by atoms with Gasteiger partial charge < -0.3 is 20.1 Å².